The summed E-state index contributed by atoms with van der Waals surface area (Å²) in [5.74, 6) is -0.820. The van der Waals surface area contributed by atoms with Crippen molar-refractivity contribution in [2.24, 2.45) is 0 Å². The number of methoxy groups -OCH3 is 1. The summed E-state index contributed by atoms with van der Waals surface area (Å²) >= 11 is 0. The maximum absolute atomic E-state index is 12.2. The van der Waals surface area contributed by atoms with Crippen LogP contribution in [0, 0.1) is 0 Å². The van der Waals surface area contributed by atoms with Gasteiger partial charge in [-0.25, -0.2) is 4.79 Å². The zero-order chi connectivity index (χ0) is 17.5. The van der Waals surface area contributed by atoms with Gasteiger partial charge in [-0.15, -0.1) is 0 Å². The van der Waals surface area contributed by atoms with Crippen LogP contribution in [0.1, 0.15) is 49.4 Å². The molecule has 0 heterocycles. The Morgan fingerprint density at radius 3 is 2.29 bits per heavy atom. The van der Waals surface area contributed by atoms with Gasteiger partial charge in [0.25, 0.3) is 0 Å². The van der Waals surface area contributed by atoms with E-state index in [0.717, 1.165) is 25.7 Å². The molecular weight excluding hydrogens is 308 g/mol. The number of rotatable bonds is 5. The molecule has 0 spiro atoms. The highest BCUT2D eigenvalue weighted by molar-refractivity contribution is 5.98. The summed E-state index contributed by atoms with van der Waals surface area (Å²) in [6.07, 6.45) is 5.49. The molecule has 2 amide bonds. The fourth-order valence-electron chi connectivity index (χ4n) is 2.94. The fraction of sp³-hybridized carbons (Fsp3) is 0.500. The van der Waals surface area contributed by atoms with Gasteiger partial charge in [0.15, 0.2) is 0 Å². The van der Waals surface area contributed by atoms with Crippen molar-refractivity contribution in [1.82, 2.24) is 5.32 Å². The van der Waals surface area contributed by atoms with Gasteiger partial charge >= 0.3 is 5.97 Å². The van der Waals surface area contributed by atoms with Crippen LogP contribution in [0.2, 0.25) is 0 Å². The molecule has 1 aromatic rings. The number of amides is 2. The normalized spacial score (nSPS) is 14.8. The second-order valence-electron chi connectivity index (χ2n) is 6.05. The molecule has 0 bridgehead atoms. The van der Waals surface area contributed by atoms with Crippen LogP contribution >= 0.6 is 0 Å². The minimum atomic E-state index is -0.439. The van der Waals surface area contributed by atoms with E-state index in [1.54, 1.807) is 24.3 Å². The summed E-state index contributed by atoms with van der Waals surface area (Å²) in [5, 5.41) is 3.01. The third-order valence-electron chi connectivity index (χ3n) is 4.25. The number of esters is 1. The Bertz CT molecular complexity index is 592. The molecule has 1 saturated carbocycles. The molecule has 1 aliphatic carbocycles. The summed E-state index contributed by atoms with van der Waals surface area (Å²) in [6, 6.07) is 6.65. The first-order valence-corrected chi connectivity index (χ1v) is 8.27. The molecule has 0 aromatic heterocycles. The number of carbonyl (C=O) groups excluding carboxylic acids is 3. The summed E-state index contributed by atoms with van der Waals surface area (Å²) in [6.45, 7) is 1.39. The van der Waals surface area contributed by atoms with Gasteiger partial charge in [-0.05, 0) is 37.1 Å². The summed E-state index contributed by atoms with van der Waals surface area (Å²) in [5.41, 5.74) is 0.977. The Hall–Kier alpha value is -2.37. The lowest BCUT2D eigenvalue weighted by molar-refractivity contribution is -0.123. The van der Waals surface area contributed by atoms with E-state index in [1.807, 2.05) is 0 Å². The van der Waals surface area contributed by atoms with E-state index in [4.69, 9.17) is 0 Å². The number of hydrogen-bond acceptors (Lipinski definition) is 4. The summed E-state index contributed by atoms with van der Waals surface area (Å²) < 4.78 is 4.65. The molecular formula is C18H24N2O4. The molecule has 24 heavy (non-hydrogen) atoms. The zero-order valence-electron chi connectivity index (χ0n) is 14.2. The van der Waals surface area contributed by atoms with E-state index in [0.29, 0.717) is 11.3 Å². The largest absolute Gasteiger partial charge is 0.465 e. The SMILES string of the molecule is COC(=O)c1ccc(N(CC(=O)NC2CCCCC2)C(C)=O)cc1. The van der Waals surface area contributed by atoms with Crippen LogP contribution in [0.4, 0.5) is 5.69 Å². The van der Waals surface area contributed by atoms with Gasteiger partial charge < -0.3 is 15.0 Å². The maximum Gasteiger partial charge on any atom is 0.337 e. The second kappa shape index (κ2) is 8.47. The van der Waals surface area contributed by atoms with Crippen LogP contribution in [-0.2, 0) is 14.3 Å². The van der Waals surface area contributed by atoms with Crippen molar-refractivity contribution in [1.29, 1.82) is 0 Å². The minimum absolute atomic E-state index is 0.0244. The minimum Gasteiger partial charge on any atom is -0.465 e. The number of nitrogens with zero attached hydrogens (tertiary/aromatic N) is 1. The molecule has 1 fully saturated rings. The fourth-order valence-corrected chi connectivity index (χ4v) is 2.94. The lowest BCUT2D eigenvalue weighted by Gasteiger charge is -2.25. The van der Waals surface area contributed by atoms with Crippen molar-refractivity contribution in [2.45, 2.75) is 45.1 Å². The molecule has 1 aliphatic rings. The van der Waals surface area contributed by atoms with E-state index in [-0.39, 0.29) is 24.4 Å². The molecule has 0 unspecified atom stereocenters. The number of anilines is 1. The van der Waals surface area contributed by atoms with E-state index in [1.165, 1.54) is 25.4 Å². The van der Waals surface area contributed by atoms with E-state index in [9.17, 15) is 14.4 Å². The van der Waals surface area contributed by atoms with Gasteiger partial charge in [-0.3, -0.25) is 9.59 Å². The standard InChI is InChI=1S/C18H24N2O4/c1-13(21)20(12-17(22)19-15-6-4-3-5-7-15)16-10-8-14(9-11-16)18(23)24-2/h8-11,15H,3-7,12H2,1-2H3,(H,19,22). The summed E-state index contributed by atoms with van der Waals surface area (Å²) in [4.78, 5) is 37.0. The van der Waals surface area contributed by atoms with Crippen molar-refractivity contribution in [3.8, 4) is 0 Å². The van der Waals surface area contributed by atoms with Gasteiger partial charge in [0, 0.05) is 18.7 Å². The Morgan fingerprint density at radius 1 is 1.12 bits per heavy atom. The van der Waals surface area contributed by atoms with E-state index < -0.39 is 5.97 Å². The van der Waals surface area contributed by atoms with Crippen molar-refractivity contribution < 1.29 is 19.1 Å². The molecule has 0 saturated heterocycles. The first kappa shape index (κ1) is 18.0. The number of ether oxygens (including phenoxy) is 1. The van der Waals surface area contributed by atoms with Crippen molar-refractivity contribution >= 4 is 23.5 Å². The quantitative estimate of drug-likeness (QED) is 0.839. The molecule has 0 atom stereocenters. The Labute approximate surface area is 142 Å². The molecule has 2 rings (SSSR count). The van der Waals surface area contributed by atoms with Crippen LogP contribution in [-0.4, -0.2) is 37.5 Å². The Balaban J connectivity index is 2.01. The number of benzene rings is 1. The molecule has 0 aliphatic heterocycles. The van der Waals surface area contributed by atoms with Crippen LogP contribution < -0.4 is 10.2 Å². The topological polar surface area (TPSA) is 75.7 Å². The van der Waals surface area contributed by atoms with Gasteiger partial charge in [-0.2, -0.15) is 0 Å². The lowest BCUT2D eigenvalue weighted by atomic mass is 9.95. The van der Waals surface area contributed by atoms with Gasteiger partial charge in [0.1, 0.15) is 6.54 Å². The van der Waals surface area contributed by atoms with Crippen LogP contribution in [0.5, 0.6) is 0 Å². The maximum atomic E-state index is 12.2. The van der Waals surface area contributed by atoms with Crippen molar-refractivity contribution in [3.05, 3.63) is 29.8 Å². The smallest absolute Gasteiger partial charge is 0.337 e. The second-order valence-corrected chi connectivity index (χ2v) is 6.05. The highest BCUT2D eigenvalue weighted by atomic mass is 16.5. The third kappa shape index (κ3) is 4.81. The monoisotopic (exact) mass is 332 g/mol. The Kier molecular flexibility index (Phi) is 6.35. The highest BCUT2D eigenvalue weighted by Gasteiger charge is 2.20. The van der Waals surface area contributed by atoms with E-state index in [2.05, 4.69) is 10.1 Å². The van der Waals surface area contributed by atoms with Crippen molar-refractivity contribution in [3.63, 3.8) is 0 Å². The molecule has 130 valence electrons. The third-order valence-corrected chi connectivity index (χ3v) is 4.25. The zero-order valence-corrected chi connectivity index (χ0v) is 14.2. The van der Waals surface area contributed by atoms with Crippen LogP contribution in [0.15, 0.2) is 24.3 Å². The molecule has 1 aromatic carbocycles. The number of carbonyl (C=O) groups is 3. The first-order chi connectivity index (χ1) is 11.5. The average Bonchev–Trinajstić information content (AvgIpc) is 2.60. The number of nitrogens with one attached hydrogen (secondary N) is 1. The average molecular weight is 332 g/mol. The molecule has 6 heteroatoms. The Morgan fingerprint density at radius 2 is 1.75 bits per heavy atom. The van der Waals surface area contributed by atoms with Gasteiger partial charge in [0.2, 0.25) is 11.8 Å². The van der Waals surface area contributed by atoms with Gasteiger partial charge in [-0.1, -0.05) is 19.3 Å². The lowest BCUT2D eigenvalue weighted by Crippen LogP contribution is -2.44. The van der Waals surface area contributed by atoms with E-state index >= 15 is 0 Å². The van der Waals surface area contributed by atoms with Crippen LogP contribution in [0.3, 0.4) is 0 Å². The molecule has 0 radical (unpaired) electrons. The number of hydrogen-bond donors (Lipinski definition) is 1. The van der Waals surface area contributed by atoms with Crippen molar-refractivity contribution in [2.75, 3.05) is 18.6 Å². The predicted molar refractivity (Wildman–Crippen MR) is 90.8 cm³/mol. The first-order valence-electron chi connectivity index (χ1n) is 8.27. The highest BCUT2D eigenvalue weighted by Crippen LogP contribution is 2.18. The van der Waals surface area contributed by atoms with Gasteiger partial charge in [0.05, 0.1) is 12.7 Å². The summed E-state index contributed by atoms with van der Waals surface area (Å²) in [7, 11) is 1.31. The molecule has 6 nitrogen and oxygen atoms in total. The predicted octanol–water partition coefficient (Wildman–Crippen LogP) is 2.28. The van der Waals surface area contributed by atoms with Crippen LogP contribution in [0.25, 0.3) is 0 Å². The molecule has 1 N–H and O–H groups in total.